The number of para-hydroxylation sites is 1. The van der Waals surface area contributed by atoms with Gasteiger partial charge in [-0.25, -0.2) is 4.79 Å². The van der Waals surface area contributed by atoms with Crippen molar-refractivity contribution in [3.05, 3.63) is 60.2 Å². The Morgan fingerprint density at radius 2 is 1.81 bits per heavy atom. The summed E-state index contributed by atoms with van der Waals surface area (Å²) in [5.41, 5.74) is 2.77. The van der Waals surface area contributed by atoms with Crippen LogP contribution >= 0.6 is 0 Å². The number of carbonyl (C=O) groups excluding carboxylic acids is 2. The van der Waals surface area contributed by atoms with Gasteiger partial charge in [-0.2, -0.15) is 0 Å². The highest BCUT2D eigenvalue weighted by molar-refractivity contribution is 5.94. The van der Waals surface area contributed by atoms with Crippen LogP contribution < -0.4 is 10.6 Å². The number of hydrogen-bond acceptors (Lipinski definition) is 2. The maximum Gasteiger partial charge on any atom is 0.321 e. The first kappa shape index (κ1) is 18.0. The molecule has 1 heterocycles. The van der Waals surface area contributed by atoms with Crippen molar-refractivity contribution in [3.8, 4) is 0 Å². The van der Waals surface area contributed by atoms with E-state index in [2.05, 4.69) is 17.6 Å². The van der Waals surface area contributed by atoms with E-state index in [1.54, 1.807) is 4.90 Å². The Labute approximate surface area is 154 Å². The summed E-state index contributed by atoms with van der Waals surface area (Å²) in [4.78, 5) is 26.8. The lowest BCUT2D eigenvalue weighted by atomic mass is 9.97. The molecule has 1 aliphatic heterocycles. The van der Waals surface area contributed by atoms with Gasteiger partial charge in [0.15, 0.2) is 0 Å². The first-order valence-electron chi connectivity index (χ1n) is 9.16. The first-order valence-corrected chi connectivity index (χ1v) is 9.16. The number of nitrogens with zero attached hydrogens (tertiary/aromatic N) is 1. The van der Waals surface area contributed by atoms with Crippen molar-refractivity contribution in [1.82, 2.24) is 4.90 Å². The zero-order chi connectivity index (χ0) is 18.4. The Hall–Kier alpha value is -2.82. The van der Waals surface area contributed by atoms with E-state index in [1.807, 2.05) is 54.6 Å². The number of benzene rings is 2. The van der Waals surface area contributed by atoms with Crippen molar-refractivity contribution in [2.24, 2.45) is 5.92 Å². The Morgan fingerprint density at radius 1 is 1.04 bits per heavy atom. The van der Waals surface area contributed by atoms with E-state index in [0.29, 0.717) is 13.1 Å². The van der Waals surface area contributed by atoms with Crippen LogP contribution in [0.3, 0.4) is 0 Å². The molecule has 0 aliphatic carbocycles. The summed E-state index contributed by atoms with van der Waals surface area (Å²) < 4.78 is 0. The molecule has 136 valence electrons. The molecule has 0 spiro atoms. The van der Waals surface area contributed by atoms with Gasteiger partial charge in [0.25, 0.3) is 0 Å². The largest absolute Gasteiger partial charge is 0.326 e. The van der Waals surface area contributed by atoms with Crippen LogP contribution in [0.2, 0.25) is 0 Å². The summed E-state index contributed by atoms with van der Waals surface area (Å²) in [6.07, 6.45) is 2.56. The summed E-state index contributed by atoms with van der Waals surface area (Å²) >= 11 is 0. The number of hydrogen-bond donors (Lipinski definition) is 2. The summed E-state index contributed by atoms with van der Waals surface area (Å²) in [7, 11) is 0. The van der Waals surface area contributed by atoms with Crippen molar-refractivity contribution in [2.75, 3.05) is 23.7 Å². The number of urea groups is 1. The fraction of sp³-hybridized carbons (Fsp3) is 0.333. The number of rotatable bonds is 4. The van der Waals surface area contributed by atoms with E-state index in [1.165, 1.54) is 5.56 Å². The molecule has 26 heavy (non-hydrogen) atoms. The number of amides is 3. The Morgan fingerprint density at radius 3 is 2.58 bits per heavy atom. The second-order valence-electron chi connectivity index (χ2n) is 6.62. The van der Waals surface area contributed by atoms with Crippen LogP contribution in [-0.4, -0.2) is 29.9 Å². The molecule has 0 bridgehead atoms. The molecule has 2 aromatic rings. The lowest BCUT2D eigenvalue weighted by Crippen LogP contribution is -2.45. The monoisotopic (exact) mass is 351 g/mol. The smallest absolute Gasteiger partial charge is 0.321 e. The highest BCUT2D eigenvalue weighted by Crippen LogP contribution is 2.20. The quantitative estimate of drug-likeness (QED) is 0.870. The van der Waals surface area contributed by atoms with Crippen LogP contribution in [0.1, 0.15) is 25.3 Å². The molecule has 5 nitrogen and oxygen atoms in total. The van der Waals surface area contributed by atoms with E-state index in [-0.39, 0.29) is 17.9 Å². The highest BCUT2D eigenvalue weighted by Gasteiger charge is 2.28. The van der Waals surface area contributed by atoms with Crippen molar-refractivity contribution in [3.63, 3.8) is 0 Å². The predicted molar refractivity (Wildman–Crippen MR) is 104 cm³/mol. The second-order valence-corrected chi connectivity index (χ2v) is 6.62. The molecule has 1 saturated heterocycles. The van der Waals surface area contributed by atoms with Gasteiger partial charge in [0.1, 0.15) is 0 Å². The van der Waals surface area contributed by atoms with Gasteiger partial charge in [0.2, 0.25) is 5.91 Å². The molecule has 1 fully saturated rings. The fourth-order valence-electron chi connectivity index (χ4n) is 3.21. The summed E-state index contributed by atoms with van der Waals surface area (Å²) in [5.74, 6) is -0.203. The second kappa shape index (κ2) is 8.52. The lowest BCUT2D eigenvalue weighted by molar-refractivity contribution is -0.121. The van der Waals surface area contributed by atoms with E-state index in [9.17, 15) is 9.59 Å². The average Bonchev–Trinajstić information content (AvgIpc) is 2.69. The van der Waals surface area contributed by atoms with Crippen LogP contribution in [0.4, 0.5) is 16.2 Å². The van der Waals surface area contributed by atoms with E-state index in [0.717, 1.165) is 30.6 Å². The summed E-state index contributed by atoms with van der Waals surface area (Å²) in [6.45, 7) is 3.21. The average molecular weight is 351 g/mol. The van der Waals surface area contributed by atoms with E-state index < -0.39 is 0 Å². The van der Waals surface area contributed by atoms with Crippen LogP contribution in [0.25, 0.3) is 0 Å². The molecule has 1 atom stereocenters. The molecular formula is C21H25N3O2. The van der Waals surface area contributed by atoms with Gasteiger partial charge < -0.3 is 15.5 Å². The van der Waals surface area contributed by atoms with Crippen molar-refractivity contribution < 1.29 is 9.59 Å². The molecule has 0 saturated carbocycles. The molecule has 0 radical (unpaired) electrons. The van der Waals surface area contributed by atoms with Crippen LogP contribution in [-0.2, 0) is 11.2 Å². The number of carbonyl (C=O) groups is 2. The van der Waals surface area contributed by atoms with Crippen molar-refractivity contribution >= 4 is 23.3 Å². The Kier molecular flexibility index (Phi) is 5.89. The number of nitrogens with one attached hydrogen (secondary N) is 2. The van der Waals surface area contributed by atoms with Gasteiger partial charge in [-0.15, -0.1) is 0 Å². The van der Waals surface area contributed by atoms with Gasteiger partial charge in [0, 0.05) is 24.5 Å². The maximum absolute atomic E-state index is 12.6. The first-order chi connectivity index (χ1) is 12.7. The summed E-state index contributed by atoms with van der Waals surface area (Å²) in [6, 6.07) is 17.1. The normalized spacial score (nSPS) is 16.8. The molecule has 2 N–H and O–H groups in total. The minimum Gasteiger partial charge on any atom is -0.326 e. The van der Waals surface area contributed by atoms with E-state index in [4.69, 9.17) is 0 Å². The third-order valence-corrected chi connectivity index (χ3v) is 4.71. The molecule has 0 aromatic heterocycles. The van der Waals surface area contributed by atoms with Gasteiger partial charge in [-0.1, -0.05) is 37.3 Å². The minimum atomic E-state index is -0.185. The Bertz CT molecular complexity index is 761. The highest BCUT2D eigenvalue weighted by atomic mass is 16.2. The van der Waals surface area contributed by atoms with Gasteiger partial charge in [-0.05, 0) is 49.1 Å². The zero-order valence-electron chi connectivity index (χ0n) is 15.1. The molecule has 2 aromatic carbocycles. The lowest BCUT2D eigenvalue weighted by Gasteiger charge is -2.32. The molecule has 3 amide bonds. The standard InChI is InChI=1S/C21H25N3O2/c1-2-16-8-6-12-19(14-16)22-20(25)17-9-7-13-24(15-17)21(26)23-18-10-4-3-5-11-18/h3-6,8,10-12,14,17H,2,7,9,13,15H2,1H3,(H,22,25)(H,23,26)/t17-/m0/s1. The van der Waals surface area contributed by atoms with Crippen LogP contribution in [0.5, 0.6) is 0 Å². The van der Waals surface area contributed by atoms with Gasteiger partial charge in [-0.3, -0.25) is 4.79 Å². The molecule has 1 aliphatic rings. The SMILES string of the molecule is CCc1cccc(NC(=O)[C@H]2CCCN(C(=O)Nc3ccccc3)C2)c1. The van der Waals surface area contributed by atoms with Crippen molar-refractivity contribution in [2.45, 2.75) is 26.2 Å². The Balaban J connectivity index is 1.58. The van der Waals surface area contributed by atoms with Crippen LogP contribution in [0.15, 0.2) is 54.6 Å². The number of piperidine rings is 1. The van der Waals surface area contributed by atoms with E-state index >= 15 is 0 Å². The van der Waals surface area contributed by atoms with Gasteiger partial charge >= 0.3 is 6.03 Å². The number of likely N-dealkylation sites (tertiary alicyclic amines) is 1. The molecular weight excluding hydrogens is 326 g/mol. The summed E-state index contributed by atoms with van der Waals surface area (Å²) in [5, 5.41) is 5.89. The fourth-order valence-corrected chi connectivity index (χ4v) is 3.21. The third kappa shape index (κ3) is 4.63. The molecule has 0 unspecified atom stereocenters. The molecule has 3 rings (SSSR count). The number of aryl methyl sites for hydroxylation is 1. The number of anilines is 2. The topological polar surface area (TPSA) is 61.4 Å². The van der Waals surface area contributed by atoms with Crippen LogP contribution in [0, 0.1) is 5.92 Å². The van der Waals surface area contributed by atoms with Crippen molar-refractivity contribution in [1.29, 1.82) is 0 Å². The minimum absolute atomic E-state index is 0.0181. The zero-order valence-corrected chi connectivity index (χ0v) is 15.1. The third-order valence-electron chi connectivity index (χ3n) is 4.71. The van der Waals surface area contributed by atoms with Gasteiger partial charge in [0.05, 0.1) is 5.92 Å². The predicted octanol–water partition coefficient (Wildman–Crippen LogP) is 4.13. The molecule has 5 heteroatoms. The maximum atomic E-state index is 12.6.